The molecule has 0 radical (unpaired) electrons. The first-order valence-corrected chi connectivity index (χ1v) is 10.8. The van der Waals surface area contributed by atoms with Gasteiger partial charge in [0.1, 0.15) is 17.2 Å². The van der Waals surface area contributed by atoms with Crippen LogP contribution < -0.4 is 14.8 Å². The summed E-state index contributed by atoms with van der Waals surface area (Å²) in [7, 11) is 1.42. The van der Waals surface area contributed by atoms with Crippen LogP contribution in [0.2, 0.25) is 0 Å². The first-order valence-electron chi connectivity index (χ1n) is 10.8. The number of hydrogen-bond acceptors (Lipinski definition) is 6. The van der Waals surface area contributed by atoms with Crippen molar-refractivity contribution >= 4 is 28.2 Å². The summed E-state index contributed by atoms with van der Waals surface area (Å²) >= 11 is 0. The largest absolute Gasteiger partial charge is 0.496 e. The van der Waals surface area contributed by atoms with E-state index in [1.165, 1.54) is 19.2 Å². The minimum atomic E-state index is -0.560. The number of aromatic nitrogens is 1. The van der Waals surface area contributed by atoms with Crippen molar-refractivity contribution in [2.24, 2.45) is 0 Å². The maximum atomic E-state index is 13.3. The van der Waals surface area contributed by atoms with Crippen LogP contribution in [-0.4, -0.2) is 29.5 Å². The molecule has 1 N–H and O–H groups in total. The normalized spacial score (nSPS) is 10.6. The van der Waals surface area contributed by atoms with E-state index in [1.807, 2.05) is 49.4 Å². The molecule has 0 saturated carbocycles. The summed E-state index contributed by atoms with van der Waals surface area (Å²) < 4.78 is 10.8. The Balaban J connectivity index is 1.76. The van der Waals surface area contributed by atoms with Crippen LogP contribution in [0.15, 0.2) is 72.8 Å². The lowest BCUT2D eigenvalue weighted by Gasteiger charge is -2.12. The molecule has 1 aromatic heterocycles. The van der Waals surface area contributed by atoms with E-state index < -0.39 is 10.8 Å². The van der Waals surface area contributed by atoms with Gasteiger partial charge in [0.05, 0.1) is 41.5 Å². The molecule has 1 amide bonds. The lowest BCUT2D eigenvalue weighted by atomic mass is 10.0. The minimum absolute atomic E-state index is 0.0770. The summed E-state index contributed by atoms with van der Waals surface area (Å²) in [5.74, 6) is 0.562. The molecule has 0 aliphatic carbocycles. The van der Waals surface area contributed by atoms with Gasteiger partial charge in [0, 0.05) is 10.9 Å². The van der Waals surface area contributed by atoms with Crippen molar-refractivity contribution in [2.45, 2.75) is 13.3 Å². The standard InChI is InChI=1S/C26H23N3O5/c1-3-13-34-19-8-6-7-17(14-19)24-16-21(20-9-4-5-10-22(20)27-24)26(30)28-23-12-11-18(33-2)15-25(23)29(31)32/h4-12,14-16H,3,13H2,1-2H3,(H,28,30). The molecule has 3 aromatic carbocycles. The minimum Gasteiger partial charge on any atom is -0.496 e. The Morgan fingerprint density at radius 1 is 1.03 bits per heavy atom. The third-order valence-electron chi connectivity index (χ3n) is 5.21. The number of benzene rings is 3. The number of amides is 1. The summed E-state index contributed by atoms with van der Waals surface area (Å²) in [4.78, 5) is 29.0. The molecular formula is C26H23N3O5. The van der Waals surface area contributed by atoms with Crippen molar-refractivity contribution in [2.75, 3.05) is 19.0 Å². The maximum absolute atomic E-state index is 13.3. The molecule has 0 spiro atoms. The molecule has 8 heteroatoms. The second kappa shape index (κ2) is 9.99. The number of nitro benzene ring substituents is 1. The van der Waals surface area contributed by atoms with Gasteiger partial charge >= 0.3 is 0 Å². The lowest BCUT2D eigenvalue weighted by Crippen LogP contribution is -2.14. The first kappa shape index (κ1) is 22.7. The molecule has 8 nitrogen and oxygen atoms in total. The number of pyridine rings is 1. The van der Waals surface area contributed by atoms with Gasteiger partial charge in [-0.1, -0.05) is 37.3 Å². The van der Waals surface area contributed by atoms with Gasteiger partial charge in [-0.2, -0.15) is 0 Å². The van der Waals surface area contributed by atoms with Crippen molar-refractivity contribution in [1.82, 2.24) is 4.98 Å². The fourth-order valence-electron chi connectivity index (χ4n) is 3.56. The van der Waals surface area contributed by atoms with E-state index >= 15 is 0 Å². The van der Waals surface area contributed by atoms with Crippen LogP contribution in [0.25, 0.3) is 22.2 Å². The average molecular weight is 457 g/mol. The fraction of sp³-hybridized carbons (Fsp3) is 0.154. The molecule has 4 rings (SSSR count). The van der Waals surface area contributed by atoms with Crippen molar-refractivity contribution in [3.63, 3.8) is 0 Å². The highest BCUT2D eigenvalue weighted by atomic mass is 16.6. The molecule has 34 heavy (non-hydrogen) atoms. The number of ether oxygens (including phenoxy) is 2. The summed E-state index contributed by atoms with van der Waals surface area (Å²) in [6.45, 7) is 2.63. The van der Waals surface area contributed by atoms with E-state index in [-0.39, 0.29) is 11.4 Å². The lowest BCUT2D eigenvalue weighted by molar-refractivity contribution is -0.384. The third-order valence-corrected chi connectivity index (χ3v) is 5.21. The smallest absolute Gasteiger partial charge is 0.296 e. The number of hydrogen-bond donors (Lipinski definition) is 1. The molecule has 0 fully saturated rings. The monoisotopic (exact) mass is 457 g/mol. The quantitative estimate of drug-likeness (QED) is 0.263. The van der Waals surface area contributed by atoms with E-state index in [4.69, 9.17) is 14.5 Å². The molecule has 4 aromatic rings. The molecular weight excluding hydrogens is 434 g/mol. The highest BCUT2D eigenvalue weighted by Gasteiger charge is 2.20. The SMILES string of the molecule is CCCOc1cccc(-c2cc(C(=O)Nc3ccc(OC)cc3[N+](=O)[O-])c3ccccc3n2)c1. The van der Waals surface area contributed by atoms with E-state index in [1.54, 1.807) is 18.2 Å². The van der Waals surface area contributed by atoms with Gasteiger partial charge in [0.25, 0.3) is 11.6 Å². The van der Waals surface area contributed by atoms with Crippen molar-refractivity contribution in [3.8, 4) is 22.8 Å². The fourth-order valence-corrected chi connectivity index (χ4v) is 3.56. The molecule has 0 aliphatic rings. The average Bonchev–Trinajstić information content (AvgIpc) is 2.87. The second-order valence-electron chi connectivity index (χ2n) is 7.54. The van der Waals surface area contributed by atoms with Crippen LogP contribution in [0, 0.1) is 10.1 Å². The van der Waals surface area contributed by atoms with Crippen molar-refractivity contribution < 1.29 is 19.2 Å². The van der Waals surface area contributed by atoms with Crippen LogP contribution in [0.1, 0.15) is 23.7 Å². The molecule has 1 heterocycles. The van der Waals surface area contributed by atoms with Gasteiger partial charge in [-0.15, -0.1) is 0 Å². The highest BCUT2D eigenvalue weighted by molar-refractivity contribution is 6.13. The second-order valence-corrected chi connectivity index (χ2v) is 7.54. The molecule has 0 bridgehead atoms. The van der Waals surface area contributed by atoms with Crippen molar-refractivity contribution in [1.29, 1.82) is 0 Å². The van der Waals surface area contributed by atoms with Crippen LogP contribution in [0.3, 0.4) is 0 Å². The topological polar surface area (TPSA) is 104 Å². The van der Waals surface area contributed by atoms with E-state index in [2.05, 4.69) is 5.32 Å². The number of methoxy groups -OCH3 is 1. The van der Waals surface area contributed by atoms with Crippen molar-refractivity contribution in [3.05, 3.63) is 88.5 Å². The number of carbonyl (C=O) groups is 1. The number of para-hydroxylation sites is 1. The summed E-state index contributed by atoms with van der Waals surface area (Å²) in [6.07, 6.45) is 0.889. The molecule has 0 aliphatic heterocycles. The zero-order valence-corrected chi connectivity index (χ0v) is 18.8. The predicted octanol–water partition coefficient (Wildman–Crippen LogP) is 5.86. The first-order chi connectivity index (χ1) is 16.5. The van der Waals surface area contributed by atoms with Crippen LogP contribution in [0.5, 0.6) is 11.5 Å². The third kappa shape index (κ3) is 4.80. The Labute approximate surface area is 196 Å². The highest BCUT2D eigenvalue weighted by Crippen LogP contribution is 2.31. The predicted molar refractivity (Wildman–Crippen MR) is 131 cm³/mol. The maximum Gasteiger partial charge on any atom is 0.296 e. The number of anilines is 1. The van der Waals surface area contributed by atoms with E-state index in [9.17, 15) is 14.9 Å². The number of fused-ring (bicyclic) bond motifs is 1. The van der Waals surface area contributed by atoms with E-state index in [0.29, 0.717) is 40.3 Å². The summed E-state index contributed by atoms with van der Waals surface area (Å²) in [5, 5.41) is 14.9. The van der Waals surface area contributed by atoms with Gasteiger partial charge in [0.15, 0.2) is 0 Å². The zero-order chi connectivity index (χ0) is 24.1. The Hall–Kier alpha value is -4.46. The molecule has 0 atom stereocenters. The summed E-state index contributed by atoms with van der Waals surface area (Å²) in [5.41, 5.74) is 2.19. The summed E-state index contributed by atoms with van der Waals surface area (Å²) in [6, 6.07) is 20.8. The van der Waals surface area contributed by atoms with Gasteiger partial charge in [0.2, 0.25) is 0 Å². The van der Waals surface area contributed by atoms with E-state index in [0.717, 1.165) is 12.0 Å². The Morgan fingerprint density at radius 2 is 1.85 bits per heavy atom. The van der Waals surface area contributed by atoms with Crippen LogP contribution >= 0.6 is 0 Å². The Kier molecular flexibility index (Phi) is 6.68. The number of nitro groups is 1. The van der Waals surface area contributed by atoms with Gasteiger partial charge in [-0.05, 0) is 42.8 Å². The molecule has 0 unspecified atom stereocenters. The molecule has 0 saturated heterocycles. The van der Waals surface area contributed by atoms with Crippen LogP contribution in [0.4, 0.5) is 11.4 Å². The number of nitrogens with one attached hydrogen (secondary N) is 1. The Morgan fingerprint density at radius 3 is 2.62 bits per heavy atom. The number of nitrogens with zero attached hydrogens (tertiary/aromatic N) is 2. The van der Waals surface area contributed by atoms with Crippen LogP contribution in [-0.2, 0) is 0 Å². The van der Waals surface area contributed by atoms with Gasteiger partial charge in [-0.25, -0.2) is 4.98 Å². The number of rotatable bonds is 8. The molecule has 172 valence electrons. The van der Waals surface area contributed by atoms with Gasteiger partial charge < -0.3 is 14.8 Å². The zero-order valence-electron chi connectivity index (χ0n) is 18.8. The Bertz CT molecular complexity index is 1370. The van der Waals surface area contributed by atoms with Gasteiger partial charge in [-0.3, -0.25) is 14.9 Å². The number of carbonyl (C=O) groups excluding carboxylic acids is 1.